The number of pyridine rings is 1. The third-order valence-electron chi connectivity index (χ3n) is 4.82. The van der Waals surface area contributed by atoms with Crippen LogP contribution in [0.1, 0.15) is 33.6 Å². The van der Waals surface area contributed by atoms with Crippen molar-refractivity contribution in [2.45, 2.75) is 18.9 Å². The number of hydrogen-bond donors (Lipinski definition) is 2. The summed E-state index contributed by atoms with van der Waals surface area (Å²) in [4.78, 5) is 29.8. The van der Waals surface area contributed by atoms with Gasteiger partial charge in [0.2, 0.25) is 0 Å². The van der Waals surface area contributed by atoms with Gasteiger partial charge in [-0.1, -0.05) is 24.3 Å². The third kappa shape index (κ3) is 3.87. The maximum absolute atomic E-state index is 12.9. The Hall–Kier alpha value is -3.25. The summed E-state index contributed by atoms with van der Waals surface area (Å²) in [6.45, 7) is 1.21. The van der Waals surface area contributed by atoms with Crippen molar-refractivity contribution in [2.75, 3.05) is 18.5 Å². The highest BCUT2D eigenvalue weighted by Gasteiger charge is 2.19. The van der Waals surface area contributed by atoms with Crippen LogP contribution in [-0.2, 0) is 4.74 Å². The van der Waals surface area contributed by atoms with Crippen molar-refractivity contribution in [2.24, 2.45) is 0 Å². The van der Waals surface area contributed by atoms with Crippen molar-refractivity contribution in [3.05, 3.63) is 71.9 Å². The topological polar surface area (TPSA) is 80.3 Å². The number of benzene rings is 2. The van der Waals surface area contributed by atoms with Gasteiger partial charge in [-0.25, -0.2) is 0 Å². The highest BCUT2D eigenvalue weighted by Crippen LogP contribution is 2.20. The smallest absolute Gasteiger partial charge is 0.256 e. The number of hydrogen-bond acceptors (Lipinski definition) is 4. The molecular formula is C22H21N3O3. The van der Waals surface area contributed by atoms with Crippen molar-refractivity contribution >= 4 is 28.4 Å². The second-order valence-corrected chi connectivity index (χ2v) is 6.72. The Morgan fingerprint density at radius 2 is 1.86 bits per heavy atom. The lowest BCUT2D eigenvalue weighted by molar-refractivity contribution is 0.0858. The van der Waals surface area contributed by atoms with E-state index in [1.165, 1.54) is 0 Å². The largest absolute Gasteiger partial charge is 0.376 e. The van der Waals surface area contributed by atoms with Gasteiger partial charge in [0, 0.05) is 30.3 Å². The maximum atomic E-state index is 12.9. The first-order chi connectivity index (χ1) is 13.7. The molecule has 1 aliphatic heterocycles. The molecule has 0 saturated carbocycles. The number of aromatic nitrogens is 1. The first kappa shape index (κ1) is 18.1. The van der Waals surface area contributed by atoms with Gasteiger partial charge in [-0.15, -0.1) is 0 Å². The molecule has 0 aliphatic carbocycles. The fraction of sp³-hybridized carbons (Fsp3) is 0.227. The van der Waals surface area contributed by atoms with E-state index in [-0.39, 0.29) is 17.9 Å². The third-order valence-corrected chi connectivity index (χ3v) is 4.82. The van der Waals surface area contributed by atoms with Gasteiger partial charge >= 0.3 is 0 Å². The molecule has 142 valence electrons. The number of para-hydroxylation sites is 1. The van der Waals surface area contributed by atoms with Crippen LogP contribution in [0.5, 0.6) is 0 Å². The Kier molecular flexibility index (Phi) is 5.30. The summed E-state index contributed by atoms with van der Waals surface area (Å²) in [5.74, 6) is -0.510. The van der Waals surface area contributed by atoms with Crippen LogP contribution < -0.4 is 10.6 Å². The number of anilines is 1. The van der Waals surface area contributed by atoms with Crippen molar-refractivity contribution in [3.8, 4) is 0 Å². The monoisotopic (exact) mass is 375 g/mol. The first-order valence-corrected chi connectivity index (χ1v) is 9.36. The number of carbonyl (C=O) groups excluding carboxylic acids is 2. The van der Waals surface area contributed by atoms with Gasteiger partial charge in [0.05, 0.1) is 22.9 Å². The lowest BCUT2D eigenvalue weighted by atomic mass is 10.1. The van der Waals surface area contributed by atoms with Crippen molar-refractivity contribution < 1.29 is 14.3 Å². The predicted molar refractivity (Wildman–Crippen MR) is 107 cm³/mol. The van der Waals surface area contributed by atoms with Crippen LogP contribution in [0.4, 0.5) is 5.69 Å². The number of ether oxygens (including phenoxy) is 1. The van der Waals surface area contributed by atoms with Crippen LogP contribution in [0.2, 0.25) is 0 Å². The van der Waals surface area contributed by atoms with Gasteiger partial charge in [0.15, 0.2) is 0 Å². The minimum Gasteiger partial charge on any atom is -0.376 e. The lowest BCUT2D eigenvalue weighted by Crippen LogP contribution is -2.32. The molecule has 1 fully saturated rings. The van der Waals surface area contributed by atoms with Gasteiger partial charge in [-0.2, -0.15) is 0 Å². The number of nitrogens with zero attached hydrogens (tertiary/aromatic N) is 1. The molecule has 1 unspecified atom stereocenters. The summed E-state index contributed by atoms with van der Waals surface area (Å²) in [7, 11) is 0. The molecule has 4 rings (SSSR count). The van der Waals surface area contributed by atoms with Gasteiger partial charge in [0.1, 0.15) is 0 Å². The van der Waals surface area contributed by atoms with Crippen LogP contribution in [0.15, 0.2) is 60.8 Å². The number of amides is 2. The highest BCUT2D eigenvalue weighted by molar-refractivity contribution is 6.14. The van der Waals surface area contributed by atoms with Crippen LogP contribution in [0.3, 0.4) is 0 Å². The molecule has 1 atom stereocenters. The van der Waals surface area contributed by atoms with E-state index >= 15 is 0 Å². The second-order valence-electron chi connectivity index (χ2n) is 6.72. The van der Waals surface area contributed by atoms with Crippen LogP contribution in [-0.4, -0.2) is 36.1 Å². The van der Waals surface area contributed by atoms with Crippen LogP contribution in [0, 0.1) is 0 Å². The number of fused-ring (bicyclic) bond motifs is 1. The molecule has 2 N–H and O–H groups in total. The van der Waals surface area contributed by atoms with E-state index in [4.69, 9.17) is 4.74 Å². The molecule has 0 bridgehead atoms. The molecule has 2 amide bonds. The molecular weight excluding hydrogens is 354 g/mol. The molecule has 2 heterocycles. The first-order valence-electron chi connectivity index (χ1n) is 9.36. The Balaban J connectivity index is 1.53. The minimum atomic E-state index is -0.280. The van der Waals surface area contributed by atoms with Gasteiger partial charge in [0.25, 0.3) is 11.8 Å². The van der Waals surface area contributed by atoms with E-state index in [1.807, 2.05) is 12.1 Å². The summed E-state index contributed by atoms with van der Waals surface area (Å²) in [5, 5.41) is 6.53. The lowest BCUT2D eigenvalue weighted by Gasteiger charge is -2.14. The average Bonchev–Trinajstić information content (AvgIpc) is 3.25. The number of nitrogens with one attached hydrogen (secondary N) is 2. The minimum absolute atomic E-state index is 0.0638. The second kappa shape index (κ2) is 8.19. The van der Waals surface area contributed by atoms with Gasteiger partial charge < -0.3 is 15.4 Å². The zero-order valence-electron chi connectivity index (χ0n) is 15.4. The van der Waals surface area contributed by atoms with Crippen molar-refractivity contribution in [3.63, 3.8) is 0 Å². The molecule has 6 nitrogen and oxygen atoms in total. The summed E-state index contributed by atoms with van der Waals surface area (Å²) in [6.07, 6.45) is 3.73. The summed E-state index contributed by atoms with van der Waals surface area (Å²) in [5.41, 5.74) is 2.16. The molecule has 3 aromatic rings. The predicted octanol–water partition coefficient (Wildman–Crippen LogP) is 3.40. The van der Waals surface area contributed by atoms with E-state index in [2.05, 4.69) is 15.6 Å². The fourth-order valence-corrected chi connectivity index (χ4v) is 3.39. The molecule has 0 radical (unpaired) electrons. The van der Waals surface area contributed by atoms with E-state index in [9.17, 15) is 9.59 Å². The number of carbonyl (C=O) groups is 2. The highest BCUT2D eigenvalue weighted by atomic mass is 16.5. The van der Waals surface area contributed by atoms with Crippen molar-refractivity contribution in [1.29, 1.82) is 0 Å². The molecule has 1 saturated heterocycles. The standard InChI is InChI=1S/C22H21N3O3/c26-21(24-14-15-6-5-13-28-15)18-7-1-2-10-20(18)25-22(27)17-8-3-11-19-16(17)9-4-12-23-19/h1-4,7-12,15H,5-6,13-14H2,(H,24,26)(H,25,27). The SMILES string of the molecule is O=C(NCC1CCCO1)c1ccccc1NC(=O)c1cccc2ncccc12. The Bertz CT molecular complexity index is 1010. The zero-order chi connectivity index (χ0) is 19.3. The Morgan fingerprint density at radius 1 is 1.00 bits per heavy atom. The van der Waals surface area contributed by atoms with Gasteiger partial charge in [-0.3, -0.25) is 14.6 Å². The van der Waals surface area contributed by atoms with E-state index in [0.717, 1.165) is 30.4 Å². The molecule has 0 spiro atoms. The van der Waals surface area contributed by atoms with Crippen LogP contribution >= 0.6 is 0 Å². The number of rotatable bonds is 5. The average molecular weight is 375 g/mol. The normalized spacial score (nSPS) is 16.1. The maximum Gasteiger partial charge on any atom is 0.256 e. The zero-order valence-corrected chi connectivity index (χ0v) is 15.4. The summed E-state index contributed by atoms with van der Waals surface area (Å²) >= 11 is 0. The van der Waals surface area contributed by atoms with E-state index in [1.54, 1.807) is 48.7 Å². The Labute approximate surface area is 162 Å². The molecule has 1 aromatic heterocycles. The van der Waals surface area contributed by atoms with Gasteiger partial charge in [-0.05, 0) is 43.2 Å². The van der Waals surface area contributed by atoms with E-state index in [0.29, 0.717) is 23.4 Å². The molecule has 2 aromatic carbocycles. The molecule has 28 heavy (non-hydrogen) atoms. The fourth-order valence-electron chi connectivity index (χ4n) is 3.39. The summed E-state index contributed by atoms with van der Waals surface area (Å²) in [6, 6.07) is 16.1. The van der Waals surface area contributed by atoms with Crippen LogP contribution in [0.25, 0.3) is 10.9 Å². The quantitative estimate of drug-likeness (QED) is 0.716. The van der Waals surface area contributed by atoms with E-state index < -0.39 is 0 Å². The summed E-state index contributed by atoms with van der Waals surface area (Å²) < 4.78 is 5.54. The molecule has 1 aliphatic rings. The Morgan fingerprint density at radius 3 is 2.71 bits per heavy atom. The van der Waals surface area contributed by atoms with Crippen molar-refractivity contribution in [1.82, 2.24) is 10.3 Å². The molecule has 6 heteroatoms.